The highest BCUT2D eigenvalue weighted by Gasteiger charge is 2.26. The Labute approximate surface area is 201 Å². The van der Waals surface area contributed by atoms with Crippen LogP contribution in [0.25, 0.3) is 0 Å². The number of benzene rings is 3. The summed E-state index contributed by atoms with van der Waals surface area (Å²) in [7, 11) is 0. The first-order valence-electron chi connectivity index (χ1n) is 11.0. The largest absolute Gasteiger partial charge is 0.367 e. The van der Waals surface area contributed by atoms with Gasteiger partial charge in [0.1, 0.15) is 17.5 Å². The quantitative estimate of drug-likeness (QED) is 0.442. The van der Waals surface area contributed by atoms with E-state index in [0.717, 1.165) is 5.56 Å². The average molecular weight is 489 g/mol. The number of ether oxygens (including phenoxy) is 1. The first-order valence-corrected chi connectivity index (χ1v) is 11.4. The molecule has 178 valence electrons. The molecule has 34 heavy (non-hydrogen) atoms. The Morgan fingerprint density at radius 3 is 2.12 bits per heavy atom. The Bertz CT molecular complexity index is 1110. The van der Waals surface area contributed by atoms with Gasteiger partial charge in [-0.15, -0.1) is 0 Å². The van der Waals surface area contributed by atoms with Crippen LogP contribution in [0.5, 0.6) is 0 Å². The molecule has 0 aromatic heterocycles. The van der Waals surface area contributed by atoms with Gasteiger partial charge in [-0.1, -0.05) is 41.9 Å². The number of carbonyl (C=O) groups excluding carboxylic acids is 1. The molecule has 1 saturated heterocycles. The maximum Gasteiger partial charge on any atom is 0.256 e. The predicted octanol–water partition coefficient (Wildman–Crippen LogP) is 5.47. The first-order chi connectivity index (χ1) is 16.4. The lowest BCUT2D eigenvalue weighted by atomic mass is 10.1. The minimum atomic E-state index is -0.657. The fraction of sp³-hybridized carbons (Fsp3) is 0.269. The zero-order valence-corrected chi connectivity index (χ0v) is 19.1. The summed E-state index contributed by atoms with van der Waals surface area (Å²) in [5, 5.41) is 0.572. The van der Waals surface area contributed by atoms with Crippen LogP contribution in [0.4, 0.5) is 13.2 Å². The van der Waals surface area contributed by atoms with Crippen LogP contribution in [-0.2, 0) is 11.3 Å². The van der Waals surface area contributed by atoms with Crippen molar-refractivity contribution in [1.29, 1.82) is 0 Å². The van der Waals surface area contributed by atoms with E-state index in [1.54, 1.807) is 29.2 Å². The summed E-state index contributed by atoms with van der Waals surface area (Å²) in [6, 6.07) is 16.8. The fourth-order valence-corrected chi connectivity index (χ4v) is 4.08. The number of halogens is 4. The van der Waals surface area contributed by atoms with Gasteiger partial charge in [-0.3, -0.25) is 9.69 Å². The number of piperazine rings is 1. The molecule has 1 fully saturated rings. The number of carbonyl (C=O) groups is 1. The lowest BCUT2D eigenvalue weighted by molar-refractivity contribution is 0.00141. The minimum absolute atomic E-state index is 0.0604. The van der Waals surface area contributed by atoms with Crippen LogP contribution in [0.3, 0.4) is 0 Å². The lowest BCUT2D eigenvalue weighted by Gasteiger charge is -2.36. The monoisotopic (exact) mass is 488 g/mol. The molecule has 4 nitrogen and oxygen atoms in total. The highest BCUT2D eigenvalue weighted by molar-refractivity contribution is 6.30. The van der Waals surface area contributed by atoms with E-state index in [1.165, 1.54) is 30.3 Å². The Balaban J connectivity index is 1.42. The molecule has 1 amide bonds. The second kappa shape index (κ2) is 11.0. The molecule has 0 radical (unpaired) electrons. The third-order valence-electron chi connectivity index (χ3n) is 5.92. The molecular formula is C26H24ClF3N2O2. The zero-order valence-electron chi connectivity index (χ0n) is 18.4. The summed E-state index contributed by atoms with van der Waals surface area (Å²) in [5.41, 5.74) is 0.762. The standard InChI is InChI=1S/C26H24ClF3N2O2/c27-19-10-8-18(9-11-19)25(34-17-21-23(29)6-3-7-24(21)30)16-31-12-14-32(15-13-31)26(33)20-4-1-2-5-22(20)28/h1-11,25H,12-17H2/t25-/m1/s1. The van der Waals surface area contributed by atoms with Gasteiger partial charge in [0, 0.05) is 43.3 Å². The predicted molar refractivity (Wildman–Crippen MR) is 124 cm³/mol. The van der Waals surface area contributed by atoms with Crippen molar-refractivity contribution >= 4 is 17.5 Å². The average Bonchev–Trinajstić information content (AvgIpc) is 2.84. The molecule has 4 rings (SSSR count). The van der Waals surface area contributed by atoms with Crippen molar-refractivity contribution in [1.82, 2.24) is 9.80 Å². The summed E-state index contributed by atoms with van der Waals surface area (Å²) in [6.07, 6.45) is -0.468. The van der Waals surface area contributed by atoms with Gasteiger partial charge in [-0.25, -0.2) is 13.2 Å². The van der Waals surface area contributed by atoms with Crippen LogP contribution < -0.4 is 0 Å². The van der Waals surface area contributed by atoms with E-state index >= 15 is 0 Å². The van der Waals surface area contributed by atoms with E-state index in [-0.39, 0.29) is 23.6 Å². The SMILES string of the molecule is O=C(c1ccccc1F)N1CCN(C[C@@H](OCc2c(F)cccc2F)c2ccc(Cl)cc2)CC1. The van der Waals surface area contributed by atoms with Crippen LogP contribution in [0.15, 0.2) is 66.7 Å². The van der Waals surface area contributed by atoms with Crippen LogP contribution in [0.1, 0.15) is 27.6 Å². The Morgan fingerprint density at radius 1 is 0.853 bits per heavy atom. The highest BCUT2D eigenvalue weighted by atomic mass is 35.5. The third kappa shape index (κ3) is 5.78. The summed E-state index contributed by atoms with van der Waals surface area (Å²) in [4.78, 5) is 16.4. The molecule has 3 aromatic carbocycles. The summed E-state index contributed by atoms with van der Waals surface area (Å²) in [6.45, 7) is 2.21. The summed E-state index contributed by atoms with van der Waals surface area (Å²) in [5.74, 6) is -2.19. The van der Waals surface area contributed by atoms with Gasteiger partial charge < -0.3 is 9.64 Å². The molecule has 1 heterocycles. The Morgan fingerprint density at radius 2 is 1.47 bits per heavy atom. The zero-order chi connectivity index (χ0) is 24.1. The van der Waals surface area contributed by atoms with E-state index in [2.05, 4.69) is 4.90 Å². The van der Waals surface area contributed by atoms with Crippen molar-refractivity contribution in [2.45, 2.75) is 12.7 Å². The van der Waals surface area contributed by atoms with Crippen molar-refractivity contribution in [3.05, 3.63) is 106 Å². The van der Waals surface area contributed by atoms with Crippen LogP contribution in [-0.4, -0.2) is 48.4 Å². The van der Waals surface area contributed by atoms with Crippen molar-refractivity contribution in [2.24, 2.45) is 0 Å². The molecule has 0 bridgehead atoms. The molecule has 0 N–H and O–H groups in total. The van der Waals surface area contributed by atoms with Crippen molar-refractivity contribution in [3.8, 4) is 0 Å². The van der Waals surface area contributed by atoms with Gasteiger partial charge in [0.2, 0.25) is 0 Å². The van der Waals surface area contributed by atoms with E-state index in [0.29, 0.717) is 37.7 Å². The second-order valence-electron chi connectivity index (χ2n) is 8.12. The normalized spacial score (nSPS) is 15.4. The van der Waals surface area contributed by atoms with Crippen LogP contribution in [0.2, 0.25) is 5.02 Å². The number of amides is 1. The van der Waals surface area contributed by atoms with Gasteiger partial charge in [-0.2, -0.15) is 0 Å². The minimum Gasteiger partial charge on any atom is -0.367 e. The molecule has 8 heteroatoms. The number of nitrogens with zero attached hydrogens (tertiary/aromatic N) is 2. The van der Waals surface area contributed by atoms with E-state index in [4.69, 9.17) is 16.3 Å². The smallest absolute Gasteiger partial charge is 0.256 e. The maximum atomic E-state index is 14.1. The van der Waals surface area contributed by atoms with Gasteiger partial charge in [-0.05, 0) is 42.0 Å². The highest BCUT2D eigenvalue weighted by Crippen LogP contribution is 2.25. The number of rotatable bonds is 7. The Kier molecular flexibility index (Phi) is 7.88. The lowest BCUT2D eigenvalue weighted by Crippen LogP contribution is -2.49. The number of hydrogen-bond acceptors (Lipinski definition) is 3. The van der Waals surface area contributed by atoms with E-state index in [1.807, 2.05) is 12.1 Å². The number of hydrogen-bond donors (Lipinski definition) is 0. The summed E-state index contributed by atoms with van der Waals surface area (Å²) >= 11 is 6.02. The van der Waals surface area contributed by atoms with Gasteiger partial charge in [0.05, 0.1) is 18.3 Å². The fourth-order valence-electron chi connectivity index (χ4n) is 3.96. The van der Waals surface area contributed by atoms with Gasteiger partial charge in [0.25, 0.3) is 5.91 Å². The second-order valence-corrected chi connectivity index (χ2v) is 8.56. The van der Waals surface area contributed by atoms with Crippen LogP contribution >= 0.6 is 11.6 Å². The molecule has 1 aliphatic rings. The Hall–Kier alpha value is -2.87. The summed E-state index contributed by atoms with van der Waals surface area (Å²) < 4.78 is 48.2. The van der Waals surface area contributed by atoms with Gasteiger partial charge in [0.15, 0.2) is 0 Å². The van der Waals surface area contributed by atoms with E-state index in [9.17, 15) is 18.0 Å². The topological polar surface area (TPSA) is 32.8 Å². The first kappa shape index (κ1) is 24.3. The molecule has 3 aromatic rings. The van der Waals surface area contributed by atoms with Gasteiger partial charge >= 0.3 is 0 Å². The molecule has 0 aliphatic carbocycles. The van der Waals surface area contributed by atoms with Crippen molar-refractivity contribution in [3.63, 3.8) is 0 Å². The molecule has 1 aliphatic heterocycles. The van der Waals surface area contributed by atoms with Crippen molar-refractivity contribution in [2.75, 3.05) is 32.7 Å². The third-order valence-corrected chi connectivity index (χ3v) is 6.17. The maximum absolute atomic E-state index is 14.1. The molecule has 1 atom stereocenters. The van der Waals surface area contributed by atoms with Crippen LogP contribution in [0, 0.1) is 17.5 Å². The molecular weight excluding hydrogens is 465 g/mol. The van der Waals surface area contributed by atoms with E-state index < -0.39 is 23.6 Å². The van der Waals surface area contributed by atoms with Crippen molar-refractivity contribution < 1.29 is 22.7 Å². The molecule has 0 spiro atoms. The molecule has 0 unspecified atom stereocenters. The molecule has 0 saturated carbocycles.